The molecule has 0 aliphatic carbocycles. The van der Waals surface area contributed by atoms with Crippen molar-refractivity contribution < 1.29 is 0 Å². The van der Waals surface area contributed by atoms with E-state index in [0.717, 1.165) is 5.52 Å². The van der Waals surface area contributed by atoms with Crippen LogP contribution in [0.2, 0.25) is 0 Å². The maximum absolute atomic E-state index is 5.75. The van der Waals surface area contributed by atoms with Crippen molar-refractivity contribution >= 4 is 28.9 Å². The van der Waals surface area contributed by atoms with Crippen molar-refractivity contribution in [2.75, 3.05) is 12.0 Å². The first-order valence-corrected chi connectivity index (χ1v) is 4.92. The number of aromatic nitrogens is 4. The maximum atomic E-state index is 5.75. The first-order chi connectivity index (χ1) is 6.22. The van der Waals surface area contributed by atoms with Gasteiger partial charge in [-0.3, -0.25) is 3.97 Å². The lowest BCUT2D eigenvalue weighted by molar-refractivity contribution is 1.09. The number of hydrogen-bond acceptors (Lipinski definition) is 5. The normalized spacial score (nSPS) is 10.9. The Morgan fingerprint density at radius 1 is 1.46 bits per heavy atom. The summed E-state index contributed by atoms with van der Waals surface area (Å²) < 4.78 is 1.85. The number of fused-ring (bicyclic) bond motifs is 1. The molecule has 0 bridgehead atoms. The predicted octanol–water partition coefficient (Wildman–Crippen LogP) is 0.843. The fourth-order valence-electron chi connectivity index (χ4n) is 1.18. The van der Waals surface area contributed by atoms with E-state index in [1.807, 2.05) is 10.2 Å². The lowest BCUT2D eigenvalue weighted by Gasteiger charge is -2.00. The van der Waals surface area contributed by atoms with Crippen LogP contribution in [-0.4, -0.2) is 25.2 Å². The van der Waals surface area contributed by atoms with Gasteiger partial charge >= 0.3 is 0 Å². The lowest BCUT2D eigenvalue weighted by atomic mass is 10.5. The summed E-state index contributed by atoms with van der Waals surface area (Å²) >= 11 is 1.52. The van der Waals surface area contributed by atoms with Gasteiger partial charge in [0.1, 0.15) is 17.7 Å². The Balaban J connectivity index is 2.82. The Bertz CT molecular complexity index is 449. The molecule has 2 heterocycles. The molecule has 6 heteroatoms. The predicted molar refractivity (Wildman–Crippen MR) is 53.4 cm³/mol. The number of hydrogen-bond donors (Lipinski definition) is 1. The Morgan fingerprint density at radius 3 is 2.92 bits per heavy atom. The second kappa shape index (κ2) is 2.88. The van der Waals surface area contributed by atoms with Gasteiger partial charge in [-0.05, 0) is 18.9 Å². The zero-order valence-corrected chi connectivity index (χ0v) is 8.17. The first kappa shape index (κ1) is 8.31. The second-order valence-corrected chi connectivity index (χ2v) is 3.34. The third-order valence-electron chi connectivity index (χ3n) is 1.71. The molecule has 0 saturated heterocycles. The number of rotatable bonds is 1. The SMILES string of the molecule is CSn1cnc2nc(C)nc(N)c21. The van der Waals surface area contributed by atoms with Crippen LogP contribution in [0.5, 0.6) is 0 Å². The van der Waals surface area contributed by atoms with E-state index in [2.05, 4.69) is 15.0 Å². The van der Waals surface area contributed by atoms with Crippen molar-refractivity contribution in [1.82, 2.24) is 18.9 Å². The fraction of sp³-hybridized carbons (Fsp3) is 0.286. The van der Waals surface area contributed by atoms with E-state index >= 15 is 0 Å². The molecule has 0 amide bonds. The molecule has 0 fully saturated rings. The summed E-state index contributed by atoms with van der Waals surface area (Å²) in [4.78, 5) is 12.4. The van der Waals surface area contributed by atoms with E-state index in [0.29, 0.717) is 17.3 Å². The molecule has 2 aromatic heterocycles. The van der Waals surface area contributed by atoms with Crippen molar-refractivity contribution in [2.24, 2.45) is 0 Å². The van der Waals surface area contributed by atoms with Crippen molar-refractivity contribution in [3.8, 4) is 0 Å². The van der Waals surface area contributed by atoms with Gasteiger partial charge in [0, 0.05) is 6.26 Å². The second-order valence-electron chi connectivity index (χ2n) is 2.58. The highest BCUT2D eigenvalue weighted by Crippen LogP contribution is 2.19. The summed E-state index contributed by atoms with van der Waals surface area (Å²) in [5, 5.41) is 0. The van der Waals surface area contributed by atoms with Gasteiger partial charge in [0.2, 0.25) is 0 Å². The average Bonchev–Trinajstić information content (AvgIpc) is 2.47. The van der Waals surface area contributed by atoms with E-state index in [4.69, 9.17) is 5.73 Å². The van der Waals surface area contributed by atoms with Crippen molar-refractivity contribution in [3.63, 3.8) is 0 Å². The van der Waals surface area contributed by atoms with Gasteiger partial charge in [0.05, 0.1) is 0 Å². The van der Waals surface area contributed by atoms with Crippen molar-refractivity contribution in [3.05, 3.63) is 12.2 Å². The number of anilines is 1. The molecule has 0 radical (unpaired) electrons. The van der Waals surface area contributed by atoms with E-state index in [1.54, 1.807) is 13.3 Å². The summed E-state index contributed by atoms with van der Waals surface area (Å²) in [6.45, 7) is 1.80. The smallest absolute Gasteiger partial charge is 0.184 e. The van der Waals surface area contributed by atoms with Crippen molar-refractivity contribution in [2.45, 2.75) is 6.92 Å². The third kappa shape index (κ3) is 1.23. The highest BCUT2D eigenvalue weighted by Gasteiger charge is 2.08. The van der Waals surface area contributed by atoms with Crippen LogP contribution in [0.4, 0.5) is 5.82 Å². The molecule has 5 nitrogen and oxygen atoms in total. The van der Waals surface area contributed by atoms with Crippen LogP contribution in [0.15, 0.2) is 6.33 Å². The van der Waals surface area contributed by atoms with Gasteiger partial charge in [-0.1, -0.05) is 0 Å². The molecule has 0 spiro atoms. The standard InChI is InChI=1S/C7H9N5S/c1-4-10-6(8)5-7(11-4)9-3-12(5)13-2/h3H,1-2H3,(H2,8,10,11). The Hall–Kier alpha value is -1.30. The number of aryl methyl sites for hydroxylation is 1. The average molecular weight is 195 g/mol. The molecule has 0 saturated carbocycles. The minimum atomic E-state index is 0.481. The number of imidazole rings is 1. The molecule has 0 aromatic carbocycles. The quantitative estimate of drug-likeness (QED) is 0.730. The van der Waals surface area contributed by atoms with Gasteiger partial charge in [-0.15, -0.1) is 0 Å². The molecule has 68 valence electrons. The van der Waals surface area contributed by atoms with Gasteiger partial charge in [0.15, 0.2) is 11.5 Å². The molecule has 0 aliphatic heterocycles. The summed E-state index contributed by atoms with van der Waals surface area (Å²) in [7, 11) is 0. The largest absolute Gasteiger partial charge is 0.382 e. The van der Waals surface area contributed by atoms with E-state index in [-0.39, 0.29) is 0 Å². The van der Waals surface area contributed by atoms with Crippen LogP contribution in [0, 0.1) is 6.92 Å². The molecule has 2 aromatic rings. The van der Waals surface area contributed by atoms with Crippen LogP contribution in [0.3, 0.4) is 0 Å². The number of nitrogen functional groups attached to an aromatic ring is 1. The van der Waals surface area contributed by atoms with Gasteiger partial charge in [0.25, 0.3) is 0 Å². The van der Waals surface area contributed by atoms with E-state index in [1.165, 1.54) is 11.9 Å². The van der Waals surface area contributed by atoms with Crippen LogP contribution in [0.1, 0.15) is 5.82 Å². The van der Waals surface area contributed by atoms with E-state index < -0.39 is 0 Å². The first-order valence-electron chi connectivity index (χ1n) is 3.74. The summed E-state index contributed by atoms with van der Waals surface area (Å²) in [6.07, 6.45) is 3.64. The van der Waals surface area contributed by atoms with Gasteiger partial charge in [-0.2, -0.15) is 0 Å². The molecule has 13 heavy (non-hydrogen) atoms. The topological polar surface area (TPSA) is 69.6 Å². The molecule has 0 unspecified atom stereocenters. The lowest BCUT2D eigenvalue weighted by Crippen LogP contribution is -1.98. The minimum absolute atomic E-state index is 0.481. The van der Waals surface area contributed by atoms with Crippen molar-refractivity contribution in [1.29, 1.82) is 0 Å². The molecular formula is C7H9N5S. The minimum Gasteiger partial charge on any atom is -0.382 e. The fourth-order valence-corrected chi connectivity index (χ4v) is 1.68. The molecular weight excluding hydrogens is 186 g/mol. The van der Waals surface area contributed by atoms with Gasteiger partial charge in [-0.25, -0.2) is 15.0 Å². The molecule has 0 atom stereocenters. The molecule has 2 rings (SSSR count). The third-order valence-corrected chi connectivity index (χ3v) is 2.38. The summed E-state index contributed by atoms with van der Waals surface area (Å²) in [6, 6.07) is 0. The summed E-state index contributed by atoms with van der Waals surface area (Å²) in [5.41, 5.74) is 7.19. The van der Waals surface area contributed by atoms with Crippen LogP contribution in [0.25, 0.3) is 11.2 Å². The Kier molecular flexibility index (Phi) is 1.84. The Labute approximate surface area is 79.5 Å². The Morgan fingerprint density at radius 2 is 2.23 bits per heavy atom. The van der Waals surface area contributed by atoms with Crippen LogP contribution < -0.4 is 5.73 Å². The molecule has 2 N–H and O–H groups in total. The monoisotopic (exact) mass is 195 g/mol. The van der Waals surface area contributed by atoms with Crippen LogP contribution in [-0.2, 0) is 0 Å². The number of nitrogens with two attached hydrogens (primary N) is 1. The summed E-state index contributed by atoms with van der Waals surface area (Å²) in [5.74, 6) is 1.13. The van der Waals surface area contributed by atoms with Gasteiger partial charge < -0.3 is 5.73 Å². The maximum Gasteiger partial charge on any atom is 0.184 e. The highest BCUT2D eigenvalue weighted by molar-refractivity contribution is 7.97. The number of nitrogens with zero attached hydrogens (tertiary/aromatic N) is 4. The zero-order chi connectivity index (χ0) is 9.42. The molecule has 0 aliphatic rings. The van der Waals surface area contributed by atoms with Crippen LogP contribution >= 0.6 is 11.9 Å². The zero-order valence-electron chi connectivity index (χ0n) is 7.35. The van der Waals surface area contributed by atoms with E-state index in [9.17, 15) is 0 Å². The highest BCUT2D eigenvalue weighted by atomic mass is 32.2.